The van der Waals surface area contributed by atoms with Crippen molar-refractivity contribution in [3.63, 3.8) is 0 Å². The van der Waals surface area contributed by atoms with Crippen molar-refractivity contribution in [2.45, 2.75) is 33.2 Å². The zero-order valence-corrected chi connectivity index (χ0v) is 12.6. The molecule has 0 fully saturated rings. The van der Waals surface area contributed by atoms with E-state index in [2.05, 4.69) is 10.1 Å². The second kappa shape index (κ2) is 10.8. The molecule has 110 valence electrons. The largest absolute Gasteiger partial charge is 0.467 e. The molecule has 0 saturated carbocycles. The van der Waals surface area contributed by atoms with E-state index < -0.39 is 12.0 Å². The van der Waals surface area contributed by atoms with Gasteiger partial charge in [0, 0.05) is 5.56 Å². The Bertz CT molecular complexity index is 427. The minimum absolute atomic E-state index is 0.282. The van der Waals surface area contributed by atoms with Crippen LogP contribution >= 0.6 is 0 Å². The van der Waals surface area contributed by atoms with Crippen LogP contribution in [0.1, 0.15) is 37.6 Å². The van der Waals surface area contributed by atoms with E-state index >= 15 is 0 Å². The zero-order valence-electron chi connectivity index (χ0n) is 12.6. The van der Waals surface area contributed by atoms with Crippen LogP contribution in [0.15, 0.2) is 42.5 Å². The Morgan fingerprint density at radius 2 is 1.85 bits per heavy atom. The van der Waals surface area contributed by atoms with Crippen LogP contribution in [0.4, 0.5) is 0 Å². The molecule has 20 heavy (non-hydrogen) atoms. The van der Waals surface area contributed by atoms with E-state index in [4.69, 9.17) is 0 Å². The second-order valence-electron chi connectivity index (χ2n) is 3.72. The molecule has 1 N–H and O–H groups in total. The van der Waals surface area contributed by atoms with Crippen LogP contribution in [0.25, 0.3) is 0 Å². The van der Waals surface area contributed by atoms with E-state index in [0.29, 0.717) is 12.0 Å². The molecule has 0 heterocycles. The predicted octanol–water partition coefficient (Wildman–Crippen LogP) is 2.95. The third-order valence-electron chi connectivity index (χ3n) is 2.43. The summed E-state index contributed by atoms with van der Waals surface area (Å²) in [6.07, 6.45) is 4.05. The minimum Gasteiger partial charge on any atom is -0.467 e. The summed E-state index contributed by atoms with van der Waals surface area (Å²) in [5.74, 6) is -0.729. The van der Waals surface area contributed by atoms with Crippen molar-refractivity contribution in [1.82, 2.24) is 5.32 Å². The average Bonchev–Trinajstić information content (AvgIpc) is 2.53. The SMILES string of the molecule is C/C=C/CC(NC(=O)c1ccccc1)C(=O)OC.CC. The molecule has 0 radical (unpaired) electrons. The van der Waals surface area contributed by atoms with Crippen LogP contribution in [0.2, 0.25) is 0 Å². The Hall–Kier alpha value is -2.10. The average molecular weight is 277 g/mol. The van der Waals surface area contributed by atoms with Gasteiger partial charge in [-0.3, -0.25) is 4.79 Å². The molecular weight excluding hydrogens is 254 g/mol. The smallest absolute Gasteiger partial charge is 0.328 e. The van der Waals surface area contributed by atoms with Gasteiger partial charge in [0.15, 0.2) is 0 Å². The van der Waals surface area contributed by atoms with E-state index in [9.17, 15) is 9.59 Å². The molecule has 0 aromatic heterocycles. The van der Waals surface area contributed by atoms with Crippen LogP contribution in [0, 0.1) is 0 Å². The van der Waals surface area contributed by atoms with Gasteiger partial charge in [-0.05, 0) is 25.5 Å². The van der Waals surface area contributed by atoms with E-state index in [1.165, 1.54) is 7.11 Å². The van der Waals surface area contributed by atoms with Crippen molar-refractivity contribution in [3.8, 4) is 0 Å². The Balaban J connectivity index is 0.00000172. The number of esters is 1. The molecule has 0 aliphatic carbocycles. The molecule has 0 aliphatic heterocycles. The van der Waals surface area contributed by atoms with Crippen molar-refractivity contribution in [2.24, 2.45) is 0 Å². The first-order valence-corrected chi connectivity index (χ1v) is 6.74. The number of benzene rings is 1. The monoisotopic (exact) mass is 277 g/mol. The first kappa shape index (κ1) is 17.9. The summed E-state index contributed by atoms with van der Waals surface area (Å²) in [7, 11) is 1.31. The minimum atomic E-state index is -0.654. The number of carbonyl (C=O) groups excluding carboxylic acids is 2. The van der Waals surface area contributed by atoms with Crippen molar-refractivity contribution in [2.75, 3.05) is 7.11 Å². The first-order valence-electron chi connectivity index (χ1n) is 6.74. The van der Waals surface area contributed by atoms with Crippen LogP contribution < -0.4 is 5.32 Å². The number of hydrogen-bond donors (Lipinski definition) is 1. The number of carbonyl (C=O) groups is 2. The van der Waals surface area contributed by atoms with Gasteiger partial charge in [-0.2, -0.15) is 0 Å². The zero-order chi connectivity index (χ0) is 15.4. The molecule has 1 atom stereocenters. The molecule has 1 rings (SSSR count). The normalized spacial score (nSPS) is 11.2. The van der Waals surface area contributed by atoms with Crippen LogP contribution in [-0.2, 0) is 9.53 Å². The maximum absolute atomic E-state index is 11.9. The summed E-state index contributed by atoms with van der Waals surface area (Å²) in [5.41, 5.74) is 0.520. The molecule has 0 aliphatic rings. The third kappa shape index (κ3) is 6.18. The van der Waals surface area contributed by atoms with Gasteiger partial charge in [0.1, 0.15) is 6.04 Å². The quantitative estimate of drug-likeness (QED) is 0.665. The number of rotatable bonds is 5. The fraction of sp³-hybridized carbons (Fsp3) is 0.375. The van der Waals surface area contributed by atoms with Crippen molar-refractivity contribution in [1.29, 1.82) is 0 Å². The summed E-state index contributed by atoms with van der Waals surface area (Å²) in [4.78, 5) is 23.4. The highest BCUT2D eigenvalue weighted by Gasteiger charge is 2.20. The summed E-state index contributed by atoms with van der Waals surface area (Å²) in [6.45, 7) is 5.85. The Morgan fingerprint density at radius 3 is 2.35 bits per heavy atom. The van der Waals surface area contributed by atoms with Crippen LogP contribution in [0.5, 0.6) is 0 Å². The fourth-order valence-corrected chi connectivity index (χ4v) is 1.46. The molecule has 1 amide bonds. The first-order chi connectivity index (χ1) is 9.69. The highest BCUT2D eigenvalue weighted by atomic mass is 16.5. The van der Waals surface area contributed by atoms with E-state index in [-0.39, 0.29) is 5.91 Å². The summed E-state index contributed by atoms with van der Waals surface area (Å²) in [5, 5.41) is 2.65. The van der Waals surface area contributed by atoms with Gasteiger partial charge in [-0.15, -0.1) is 0 Å². The topological polar surface area (TPSA) is 55.4 Å². The van der Waals surface area contributed by atoms with Gasteiger partial charge in [0.25, 0.3) is 5.91 Å². The molecule has 0 spiro atoms. The lowest BCUT2D eigenvalue weighted by molar-refractivity contribution is -0.142. The summed E-state index contributed by atoms with van der Waals surface area (Å²) < 4.78 is 4.66. The molecule has 1 unspecified atom stereocenters. The molecule has 1 aromatic carbocycles. The number of hydrogen-bond acceptors (Lipinski definition) is 3. The van der Waals surface area contributed by atoms with Gasteiger partial charge in [-0.1, -0.05) is 44.2 Å². The molecule has 4 heteroatoms. The highest BCUT2D eigenvalue weighted by Crippen LogP contribution is 2.02. The Labute approximate surface area is 120 Å². The lowest BCUT2D eigenvalue weighted by Crippen LogP contribution is -2.41. The predicted molar refractivity (Wildman–Crippen MR) is 80.5 cm³/mol. The standard InChI is InChI=1S/C14H17NO3.C2H6/c1-3-4-10-12(14(17)18-2)15-13(16)11-8-6-5-7-9-11;1-2/h3-9,12H,10H2,1-2H3,(H,15,16);1-2H3/b4-3+;. The molecule has 0 bridgehead atoms. The fourth-order valence-electron chi connectivity index (χ4n) is 1.46. The van der Waals surface area contributed by atoms with Gasteiger partial charge >= 0.3 is 5.97 Å². The van der Waals surface area contributed by atoms with E-state index in [1.54, 1.807) is 24.3 Å². The molecule has 0 saturated heterocycles. The molecular formula is C16H23NO3. The number of methoxy groups -OCH3 is 1. The van der Waals surface area contributed by atoms with Gasteiger partial charge < -0.3 is 10.1 Å². The second-order valence-corrected chi connectivity index (χ2v) is 3.72. The van der Waals surface area contributed by atoms with Gasteiger partial charge in [0.05, 0.1) is 7.11 Å². The summed E-state index contributed by atoms with van der Waals surface area (Å²) in [6, 6.07) is 8.11. The van der Waals surface area contributed by atoms with E-state index in [0.717, 1.165) is 0 Å². The lowest BCUT2D eigenvalue weighted by Gasteiger charge is -2.14. The maximum atomic E-state index is 11.9. The molecule has 1 aromatic rings. The number of allylic oxidation sites excluding steroid dienone is 1. The third-order valence-corrected chi connectivity index (χ3v) is 2.43. The number of ether oxygens (including phenoxy) is 1. The Morgan fingerprint density at radius 1 is 1.25 bits per heavy atom. The van der Waals surface area contributed by atoms with Crippen molar-refractivity contribution in [3.05, 3.63) is 48.0 Å². The maximum Gasteiger partial charge on any atom is 0.328 e. The van der Waals surface area contributed by atoms with E-state index in [1.807, 2.05) is 39.0 Å². The highest BCUT2D eigenvalue weighted by molar-refractivity contribution is 5.96. The van der Waals surface area contributed by atoms with Crippen LogP contribution in [0.3, 0.4) is 0 Å². The number of amides is 1. The van der Waals surface area contributed by atoms with Crippen molar-refractivity contribution >= 4 is 11.9 Å². The van der Waals surface area contributed by atoms with Gasteiger partial charge in [0.2, 0.25) is 0 Å². The lowest BCUT2D eigenvalue weighted by atomic mass is 10.1. The summed E-state index contributed by atoms with van der Waals surface area (Å²) >= 11 is 0. The molecule has 4 nitrogen and oxygen atoms in total. The Kier molecular flexibility index (Phi) is 9.66. The van der Waals surface area contributed by atoms with Gasteiger partial charge in [-0.25, -0.2) is 4.79 Å². The van der Waals surface area contributed by atoms with Crippen LogP contribution in [-0.4, -0.2) is 25.0 Å². The number of nitrogens with one attached hydrogen (secondary N) is 1. The van der Waals surface area contributed by atoms with Crippen molar-refractivity contribution < 1.29 is 14.3 Å².